The van der Waals surface area contributed by atoms with E-state index in [2.05, 4.69) is 18.8 Å². The smallest absolute Gasteiger partial charge is 0.221 e. The predicted molar refractivity (Wildman–Crippen MR) is 73.7 cm³/mol. The molecule has 2 rings (SSSR count). The largest absolute Gasteiger partial charge is 0.438 e. The van der Waals surface area contributed by atoms with Crippen LogP contribution in [0.15, 0.2) is 22.6 Å². The number of fused-ring (bicyclic) bond motifs is 1. The molecule has 0 unspecified atom stereocenters. The fraction of sp³-hybridized carbons (Fsp3) is 0.500. The van der Waals surface area contributed by atoms with Crippen LogP contribution in [0.25, 0.3) is 11.1 Å². The number of nitrogen functional groups attached to an aromatic ring is 1. The van der Waals surface area contributed by atoms with Gasteiger partial charge in [0.1, 0.15) is 12.1 Å². The minimum atomic E-state index is 0.347. The molecule has 2 N–H and O–H groups in total. The first kappa shape index (κ1) is 13.8. The molecule has 0 fully saturated rings. The second-order valence-corrected chi connectivity index (χ2v) is 4.86. The molecule has 0 amide bonds. The molecular formula is C14H20N2O3. The molecule has 0 aliphatic rings. The number of rotatable bonds is 7. The Labute approximate surface area is 112 Å². The number of hydrogen-bond donors (Lipinski definition) is 1. The number of anilines is 1. The maximum absolute atomic E-state index is 5.68. The zero-order chi connectivity index (χ0) is 13.7. The maximum atomic E-state index is 5.68. The molecule has 104 valence electrons. The summed E-state index contributed by atoms with van der Waals surface area (Å²) in [5.74, 6) is 1.10. The Balaban J connectivity index is 1.75. The monoisotopic (exact) mass is 264 g/mol. The van der Waals surface area contributed by atoms with Crippen molar-refractivity contribution in [2.45, 2.75) is 20.5 Å². The zero-order valence-electron chi connectivity index (χ0n) is 11.4. The SMILES string of the molecule is CC(C)COCCOCc1nc2ccc(N)cc2o1. The van der Waals surface area contributed by atoms with Gasteiger partial charge < -0.3 is 19.6 Å². The minimum absolute atomic E-state index is 0.347. The van der Waals surface area contributed by atoms with Gasteiger partial charge in [-0.1, -0.05) is 13.8 Å². The number of nitrogens with two attached hydrogens (primary N) is 1. The van der Waals surface area contributed by atoms with E-state index in [-0.39, 0.29) is 0 Å². The van der Waals surface area contributed by atoms with Gasteiger partial charge in [0.15, 0.2) is 5.58 Å². The quantitative estimate of drug-likeness (QED) is 0.615. The van der Waals surface area contributed by atoms with Crippen LogP contribution in [-0.4, -0.2) is 24.8 Å². The molecule has 5 heteroatoms. The molecule has 0 radical (unpaired) electrons. The molecule has 2 aromatic rings. The number of nitrogens with zero attached hydrogens (tertiary/aromatic N) is 1. The van der Waals surface area contributed by atoms with E-state index in [0.717, 1.165) is 12.1 Å². The van der Waals surface area contributed by atoms with Crippen molar-refractivity contribution in [3.8, 4) is 0 Å². The van der Waals surface area contributed by atoms with Crippen LogP contribution in [0.4, 0.5) is 5.69 Å². The Morgan fingerprint density at radius 3 is 2.84 bits per heavy atom. The van der Waals surface area contributed by atoms with Crippen molar-refractivity contribution in [3.63, 3.8) is 0 Å². The summed E-state index contributed by atoms with van der Waals surface area (Å²) in [7, 11) is 0. The number of ether oxygens (including phenoxy) is 2. The predicted octanol–water partition coefficient (Wildman–Crippen LogP) is 2.60. The lowest BCUT2D eigenvalue weighted by Gasteiger charge is -2.06. The summed E-state index contributed by atoms with van der Waals surface area (Å²) in [6, 6.07) is 5.40. The van der Waals surface area contributed by atoms with Crippen molar-refractivity contribution < 1.29 is 13.9 Å². The van der Waals surface area contributed by atoms with Gasteiger partial charge in [-0.15, -0.1) is 0 Å². The van der Waals surface area contributed by atoms with E-state index in [1.807, 2.05) is 6.07 Å². The summed E-state index contributed by atoms with van der Waals surface area (Å²) in [6.07, 6.45) is 0. The van der Waals surface area contributed by atoms with Gasteiger partial charge in [-0.2, -0.15) is 0 Å². The van der Waals surface area contributed by atoms with Gasteiger partial charge in [-0.25, -0.2) is 4.98 Å². The van der Waals surface area contributed by atoms with E-state index >= 15 is 0 Å². The molecule has 0 saturated heterocycles. The van der Waals surface area contributed by atoms with Crippen LogP contribution < -0.4 is 5.73 Å². The molecule has 0 spiro atoms. The third-order valence-corrected chi connectivity index (χ3v) is 2.51. The third-order valence-electron chi connectivity index (χ3n) is 2.51. The van der Waals surface area contributed by atoms with Gasteiger partial charge in [-0.05, 0) is 18.1 Å². The molecule has 0 atom stereocenters. The van der Waals surface area contributed by atoms with E-state index < -0.39 is 0 Å². The van der Waals surface area contributed by atoms with E-state index in [4.69, 9.17) is 19.6 Å². The fourth-order valence-electron chi connectivity index (χ4n) is 1.65. The minimum Gasteiger partial charge on any atom is -0.438 e. The van der Waals surface area contributed by atoms with Crippen LogP contribution in [0.5, 0.6) is 0 Å². The molecule has 1 aromatic heterocycles. The first-order valence-corrected chi connectivity index (χ1v) is 6.45. The molecule has 0 bridgehead atoms. The van der Waals surface area contributed by atoms with Gasteiger partial charge in [0.25, 0.3) is 0 Å². The summed E-state index contributed by atoms with van der Waals surface area (Å²) >= 11 is 0. The Morgan fingerprint density at radius 1 is 1.26 bits per heavy atom. The first-order valence-electron chi connectivity index (χ1n) is 6.45. The molecule has 1 heterocycles. The number of oxazole rings is 1. The van der Waals surface area contributed by atoms with Crippen molar-refractivity contribution in [3.05, 3.63) is 24.1 Å². The molecular weight excluding hydrogens is 244 g/mol. The van der Waals surface area contributed by atoms with Gasteiger partial charge in [0.2, 0.25) is 5.89 Å². The molecule has 0 saturated carbocycles. The molecule has 19 heavy (non-hydrogen) atoms. The normalized spacial score (nSPS) is 11.5. The molecule has 0 aliphatic carbocycles. The Kier molecular flexibility index (Phi) is 4.76. The van der Waals surface area contributed by atoms with Crippen LogP contribution >= 0.6 is 0 Å². The van der Waals surface area contributed by atoms with Crippen LogP contribution in [0.1, 0.15) is 19.7 Å². The lowest BCUT2D eigenvalue weighted by Crippen LogP contribution is -2.08. The Bertz CT molecular complexity index is 522. The van der Waals surface area contributed by atoms with Crippen LogP contribution in [0.3, 0.4) is 0 Å². The van der Waals surface area contributed by atoms with Crippen LogP contribution in [0, 0.1) is 5.92 Å². The highest BCUT2D eigenvalue weighted by molar-refractivity contribution is 5.76. The van der Waals surface area contributed by atoms with Gasteiger partial charge >= 0.3 is 0 Å². The van der Waals surface area contributed by atoms with Gasteiger partial charge in [0, 0.05) is 18.4 Å². The van der Waals surface area contributed by atoms with Gasteiger partial charge in [-0.3, -0.25) is 0 Å². The van der Waals surface area contributed by atoms with E-state index in [9.17, 15) is 0 Å². The van der Waals surface area contributed by atoms with E-state index in [1.165, 1.54) is 0 Å². The second kappa shape index (κ2) is 6.54. The van der Waals surface area contributed by atoms with Crippen LogP contribution in [0.2, 0.25) is 0 Å². The summed E-state index contributed by atoms with van der Waals surface area (Å²) < 4.78 is 16.4. The highest BCUT2D eigenvalue weighted by Gasteiger charge is 2.05. The summed E-state index contributed by atoms with van der Waals surface area (Å²) in [6.45, 7) is 6.46. The van der Waals surface area contributed by atoms with Crippen molar-refractivity contribution in [2.75, 3.05) is 25.6 Å². The van der Waals surface area contributed by atoms with Crippen LogP contribution in [-0.2, 0) is 16.1 Å². The van der Waals surface area contributed by atoms with Crippen molar-refractivity contribution in [1.82, 2.24) is 4.98 Å². The maximum Gasteiger partial charge on any atom is 0.221 e. The van der Waals surface area contributed by atoms with E-state index in [1.54, 1.807) is 12.1 Å². The Hall–Kier alpha value is -1.59. The first-order chi connectivity index (χ1) is 9.15. The Morgan fingerprint density at radius 2 is 2.05 bits per heavy atom. The summed E-state index contributed by atoms with van der Waals surface area (Å²) in [4.78, 5) is 4.31. The van der Waals surface area contributed by atoms with Crippen molar-refractivity contribution in [1.29, 1.82) is 0 Å². The second-order valence-electron chi connectivity index (χ2n) is 4.86. The molecule has 1 aromatic carbocycles. The number of benzene rings is 1. The van der Waals surface area contributed by atoms with E-state index in [0.29, 0.717) is 42.9 Å². The molecule has 0 aliphatic heterocycles. The highest BCUT2D eigenvalue weighted by atomic mass is 16.5. The lowest BCUT2D eigenvalue weighted by molar-refractivity contribution is 0.0255. The average molecular weight is 264 g/mol. The highest BCUT2D eigenvalue weighted by Crippen LogP contribution is 2.18. The van der Waals surface area contributed by atoms with Crippen molar-refractivity contribution in [2.24, 2.45) is 5.92 Å². The average Bonchev–Trinajstić information content (AvgIpc) is 2.75. The summed E-state index contributed by atoms with van der Waals surface area (Å²) in [5.41, 5.74) is 7.83. The van der Waals surface area contributed by atoms with Crippen molar-refractivity contribution >= 4 is 16.8 Å². The third kappa shape index (κ3) is 4.22. The molecule has 5 nitrogen and oxygen atoms in total. The zero-order valence-corrected chi connectivity index (χ0v) is 11.4. The number of hydrogen-bond acceptors (Lipinski definition) is 5. The lowest BCUT2D eigenvalue weighted by atomic mass is 10.2. The topological polar surface area (TPSA) is 70.5 Å². The van der Waals surface area contributed by atoms with Gasteiger partial charge in [0.05, 0.1) is 13.2 Å². The number of aromatic nitrogens is 1. The fourth-order valence-corrected chi connectivity index (χ4v) is 1.65. The standard InChI is InChI=1S/C14H20N2O3/c1-10(2)8-17-5-6-18-9-14-16-12-4-3-11(15)7-13(12)19-14/h3-4,7,10H,5-6,8-9,15H2,1-2H3. The summed E-state index contributed by atoms with van der Waals surface area (Å²) in [5, 5.41) is 0.